The number of pyridine rings is 1. The van der Waals surface area contributed by atoms with Gasteiger partial charge in [0.25, 0.3) is 11.6 Å². The summed E-state index contributed by atoms with van der Waals surface area (Å²) in [6.45, 7) is 1.79. The van der Waals surface area contributed by atoms with Crippen LogP contribution in [0.5, 0.6) is 5.75 Å². The number of anilines is 1. The highest BCUT2D eigenvalue weighted by atomic mass is 19.4. The lowest BCUT2D eigenvalue weighted by Crippen LogP contribution is -2.47. The number of aromatic hydroxyl groups is 1. The van der Waals surface area contributed by atoms with E-state index in [4.69, 9.17) is 10.5 Å². The Balaban J connectivity index is 2.05. The number of ether oxygens (including phenoxy) is 1. The van der Waals surface area contributed by atoms with E-state index in [0.29, 0.717) is 13.0 Å². The van der Waals surface area contributed by atoms with Crippen molar-refractivity contribution in [2.75, 3.05) is 5.32 Å². The quantitative estimate of drug-likeness (QED) is 0.356. The zero-order chi connectivity index (χ0) is 24.9. The third kappa shape index (κ3) is 4.03. The Labute approximate surface area is 183 Å². The van der Waals surface area contributed by atoms with E-state index in [1.165, 1.54) is 0 Å². The van der Waals surface area contributed by atoms with Gasteiger partial charge in [0.15, 0.2) is 23.4 Å². The standard InChI is InChI=1S/C20H18F5N3O5/c1-8-13(10-3-4-11(21)14(22)15(10)29)16(33-19(8,2)20(23,24)25)18(31)27-9-5-6-28(32)12(7-9)17(26)30/h3-8,13,16,29H,1-2H3,(H2,26,30)(H,27,31)/t8-,13+,16-,19+/m0/s1. The molecule has 2 aromatic rings. The number of nitrogens with two attached hydrogens (primary N) is 1. The van der Waals surface area contributed by atoms with Gasteiger partial charge in [-0.1, -0.05) is 13.0 Å². The number of aromatic nitrogens is 1. The number of hydrogen-bond donors (Lipinski definition) is 3. The van der Waals surface area contributed by atoms with E-state index < -0.39 is 70.2 Å². The van der Waals surface area contributed by atoms with Crippen LogP contribution in [0, 0.1) is 22.8 Å². The first-order valence-corrected chi connectivity index (χ1v) is 9.44. The number of carbonyl (C=O) groups excluding carboxylic acids is 2. The fraction of sp³-hybridized carbons (Fsp3) is 0.350. The van der Waals surface area contributed by atoms with Gasteiger partial charge in [0, 0.05) is 29.5 Å². The maximum absolute atomic E-state index is 14.0. The highest BCUT2D eigenvalue weighted by Crippen LogP contribution is 2.54. The fourth-order valence-corrected chi connectivity index (χ4v) is 3.81. The number of hydrogen-bond acceptors (Lipinski definition) is 5. The summed E-state index contributed by atoms with van der Waals surface area (Å²) < 4.78 is 74.2. The second kappa shape index (κ2) is 8.14. The van der Waals surface area contributed by atoms with E-state index in [9.17, 15) is 41.9 Å². The number of amides is 2. The van der Waals surface area contributed by atoms with Crippen LogP contribution in [0.15, 0.2) is 30.5 Å². The van der Waals surface area contributed by atoms with Crippen molar-refractivity contribution in [1.29, 1.82) is 0 Å². The van der Waals surface area contributed by atoms with Crippen LogP contribution in [-0.4, -0.2) is 34.8 Å². The number of rotatable bonds is 4. The largest absolute Gasteiger partial charge is 0.618 e. The second-order valence-electron chi connectivity index (χ2n) is 7.74. The SMILES string of the molecule is C[C@H]1[C@H](c2ccc(F)c(F)c2O)[C@@H](C(=O)Nc2cc[n+]([O-])c(C(N)=O)c2)O[C@@]1(C)C(F)(F)F. The van der Waals surface area contributed by atoms with Crippen LogP contribution in [0.2, 0.25) is 0 Å². The van der Waals surface area contributed by atoms with Crippen molar-refractivity contribution >= 4 is 17.5 Å². The maximum Gasteiger partial charge on any atom is 0.417 e. The summed E-state index contributed by atoms with van der Waals surface area (Å²) in [6.07, 6.45) is -6.04. The molecule has 33 heavy (non-hydrogen) atoms. The lowest BCUT2D eigenvalue weighted by molar-refractivity contribution is -0.607. The number of phenolic OH excluding ortho intramolecular Hbond substituents is 1. The van der Waals surface area contributed by atoms with E-state index in [-0.39, 0.29) is 10.4 Å². The predicted molar refractivity (Wildman–Crippen MR) is 102 cm³/mol. The van der Waals surface area contributed by atoms with Gasteiger partial charge in [-0.25, -0.2) is 4.39 Å². The molecule has 4 atom stereocenters. The van der Waals surface area contributed by atoms with Gasteiger partial charge in [0.05, 0.1) is 5.69 Å². The number of alkyl halides is 3. The Morgan fingerprint density at radius 2 is 1.91 bits per heavy atom. The van der Waals surface area contributed by atoms with Gasteiger partial charge in [-0.05, 0) is 13.0 Å². The van der Waals surface area contributed by atoms with Crippen LogP contribution < -0.4 is 15.8 Å². The fourth-order valence-electron chi connectivity index (χ4n) is 3.81. The van der Waals surface area contributed by atoms with E-state index in [1.807, 2.05) is 0 Å². The third-order valence-electron chi connectivity index (χ3n) is 5.83. The minimum absolute atomic E-state index is 0.120. The molecule has 1 aromatic heterocycles. The van der Waals surface area contributed by atoms with Crippen LogP contribution in [-0.2, 0) is 9.53 Å². The van der Waals surface area contributed by atoms with Crippen LogP contribution >= 0.6 is 0 Å². The van der Waals surface area contributed by atoms with Gasteiger partial charge in [-0.2, -0.15) is 22.3 Å². The first-order chi connectivity index (χ1) is 15.2. The molecule has 1 aromatic carbocycles. The number of halogens is 5. The molecule has 1 fully saturated rings. The molecule has 0 aliphatic carbocycles. The number of nitrogens with one attached hydrogen (secondary N) is 1. The summed E-state index contributed by atoms with van der Waals surface area (Å²) in [5.41, 5.74) is 1.00. The molecule has 3 rings (SSSR count). The molecule has 0 saturated carbocycles. The predicted octanol–water partition coefficient (Wildman–Crippen LogP) is 2.48. The molecule has 2 amide bonds. The number of benzene rings is 1. The van der Waals surface area contributed by atoms with Crippen molar-refractivity contribution in [3.05, 3.63) is 58.6 Å². The van der Waals surface area contributed by atoms with E-state index in [0.717, 1.165) is 31.3 Å². The zero-order valence-corrected chi connectivity index (χ0v) is 17.1. The van der Waals surface area contributed by atoms with Gasteiger partial charge in [-0.15, -0.1) is 0 Å². The summed E-state index contributed by atoms with van der Waals surface area (Å²) in [5, 5.41) is 23.9. The Morgan fingerprint density at radius 1 is 1.27 bits per heavy atom. The summed E-state index contributed by atoms with van der Waals surface area (Å²) in [6, 6.07) is 3.44. The molecular formula is C20H18F5N3O5. The van der Waals surface area contributed by atoms with E-state index >= 15 is 0 Å². The van der Waals surface area contributed by atoms with Crippen LogP contribution in [0.3, 0.4) is 0 Å². The molecule has 0 bridgehead atoms. The Hall–Kier alpha value is -3.48. The molecule has 8 nitrogen and oxygen atoms in total. The van der Waals surface area contributed by atoms with Gasteiger partial charge in [-0.3, -0.25) is 9.59 Å². The van der Waals surface area contributed by atoms with Crippen LogP contribution in [0.4, 0.5) is 27.6 Å². The summed E-state index contributed by atoms with van der Waals surface area (Å²) in [4.78, 5) is 24.3. The van der Waals surface area contributed by atoms with E-state index in [2.05, 4.69) is 5.32 Å². The Bertz CT molecular complexity index is 1130. The first-order valence-electron chi connectivity index (χ1n) is 9.44. The maximum atomic E-state index is 14.0. The van der Waals surface area contributed by atoms with Crippen molar-refractivity contribution in [2.24, 2.45) is 11.7 Å². The van der Waals surface area contributed by atoms with Crippen LogP contribution in [0.1, 0.15) is 35.8 Å². The smallest absolute Gasteiger partial charge is 0.417 e. The number of phenols is 1. The molecular weight excluding hydrogens is 457 g/mol. The monoisotopic (exact) mass is 475 g/mol. The van der Waals surface area contributed by atoms with Crippen molar-refractivity contribution in [1.82, 2.24) is 0 Å². The van der Waals surface area contributed by atoms with Crippen molar-refractivity contribution in [3.63, 3.8) is 0 Å². The summed E-state index contributed by atoms with van der Waals surface area (Å²) in [5.74, 6) is -9.71. The third-order valence-corrected chi connectivity index (χ3v) is 5.83. The topological polar surface area (TPSA) is 129 Å². The van der Waals surface area contributed by atoms with Crippen LogP contribution in [0.25, 0.3) is 0 Å². The molecule has 13 heteroatoms. The molecule has 1 aliphatic heterocycles. The molecule has 1 saturated heterocycles. The number of primary amides is 1. The van der Waals surface area contributed by atoms with Crippen molar-refractivity contribution < 1.29 is 46.1 Å². The number of carbonyl (C=O) groups is 2. The lowest BCUT2D eigenvalue weighted by atomic mass is 9.77. The number of nitrogens with zero attached hydrogens (tertiary/aromatic N) is 1. The van der Waals surface area contributed by atoms with Gasteiger partial charge < -0.3 is 26.1 Å². The second-order valence-corrected chi connectivity index (χ2v) is 7.74. The minimum atomic E-state index is -4.96. The summed E-state index contributed by atoms with van der Waals surface area (Å²) in [7, 11) is 0. The van der Waals surface area contributed by atoms with Gasteiger partial charge in [0.1, 0.15) is 6.10 Å². The molecule has 0 radical (unpaired) electrons. The van der Waals surface area contributed by atoms with Gasteiger partial charge >= 0.3 is 12.1 Å². The van der Waals surface area contributed by atoms with Crippen molar-refractivity contribution in [3.8, 4) is 5.75 Å². The zero-order valence-electron chi connectivity index (χ0n) is 17.1. The Kier molecular flexibility index (Phi) is 5.96. The Morgan fingerprint density at radius 3 is 2.48 bits per heavy atom. The molecule has 1 aliphatic rings. The summed E-state index contributed by atoms with van der Waals surface area (Å²) >= 11 is 0. The van der Waals surface area contributed by atoms with Gasteiger partial charge in [0.2, 0.25) is 5.82 Å². The molecule has 178 valence electrons. The normalized spacial score (nSPS) is 25.1. The average Bonchev–Trinajstić information content (AvgIpc) is 3.00. The van der Waals surface area contributed by atoms with Crippen molar-refractivity contribution in [2.45, 2.75) is 37.6 Å². The van der Waals surface area contributed by atoms with E-state index in [1.54, 1.807) is 0 Å². The highest BCUT2D eigenvalue weighted by molar-refractivity contribution is 5.97. The lowest BCUT2D eigenvalue weighted by Gasteiger charge is -2.31. The molecule has 4 N–H and O–H groups in total. The first kappa shape index (κ1) is 24.2. The molecule has 2 heterocycles. The molecule has 0 unspecified atom stereocenters. The molecule has 0 spiro atoms. The highest BCUT2D eigenvalue weighted by Gasteiger charge is 2.65. The average molecular weight is 475 g/mol. The minimum Gasteiger partial charge on any atom is -0.618 e.